The molecule has 0 radical (unpaired) electrons. The number of pyridine rings is 1. The lowest BCUT2D eigenvalue weighted by Gasteiger charge is -2.06. The van der Waals surface area contributed by atoms with E-state index >= 15 is 0 Å². The standard InChI is InChI=1S/C9H13F2N3O/c10-8(11)6-15-4-3-13-7-1-2-9(12)14-5-7/h1-2,5,8,13H,3-4,6H2,(H2,12,14). The van der Waals surface area contributed by atoms with Gasteiger partial charge in [0.15, 0.2) is 0 Å². The van der Waals surface area contributed by atoms with E-state index in [4.69, 9.17) is 5.73 Å². The molecule has 3 N–H and O–H groups in total. The lowest BCUT2D eigenvalue weighted by atomic mass is 10.4. The Morgan fingerprint density at radius 1 is 1.47 bits per heavy atom. The minimum atomic E-state index is -2.41. The highest BCUT2D eigenvalue weighted by molar-refractivity contribution is 5.45. The van der Waals surface area contributed by atoms with Crippen LogP contribution in [0.2, 0.25) is 0 Å². The molecule has 6 heteroatoms. The zero-order valence-corrected chi connectivity index (χ0v) is 8.12. The van der Waals surface area contributed by atoms with Crippen molar-refractivity contribution in [2.75, 3.05) is 30.8 Å². The molecule has 1 aromatic heterocycles. The molecular weight excluding hydrogens is 204 g/mol. The highest BCUT2D eigenvalue weighted by atomic mass is 19.3. The van der Waals surface area contributed by atoms with E-state index in [9.17, 15) is 8.78 Å². The van der Waals surface area contributed by atoms with Crippen molar-refractivity contribution in [3.05, 3.63) is 18.3 Å². The Hall–Kier alpha value is -1.43. The molecule has 0 aliphatic rings. The third-order valence-electron chi connectivity index (χ3n) is 1.61. The average molecular weight is 217 g/mol. The zero-order chi connectivity index (χ0) is 11.1. The van der Waals surface area contributed by atoms with Gasteiger partial charge in [-0.2, -0.15) is 0 Å². The maximum Gasteiger partial charge on any atom is 0.261 e. The number of halogens is 2. The van der Waals surface area contributed by atoms with Crippen molar-refractivity contribution in [3.8, 4) is 0 Å². The predicted octanol–water partition coefficient (Wildman–Crippen LogP) is 1.36. The van der Waals surface area contributed by atoms with Gasteiger partial charge >= 0.3 is 0 Å². The molecule has 1 rings (SSSR count). The first-order valence-corrected chi connectivity index (χ1v) is 4.50. The lowest BCUT2D eigenvalue weighted by molar-refractivity contribution is 0.0215. The summed E-state index contributed by atoms with van der Waals surface area (Å²) < 4.78 is 28.0. The first-order valence-electron chi connectivity index (χ1n) is 4.50. The first kappa shape index (κ1) is 11.6. The zero-order valence-electron chi connectivity index (χ0n) is 8.12. The van der Waals surface area contributed by atoms with Crippen LogP contribution < -0.4 is 11.1 Å². The summed E-state index contributed by atoms with van der Waals surface area (Å²) >= 11 is 0. The van der Waals surface area contributed by atoms with Gasteiger partial charge in [-0.1, -0.05) is 0 Å². The predicted molar refractivity (Wildman–Crippen MR) is 54.0 cm³/mol. The smallest absolute Gasteiger partial charge is 0.261 e. The van der Waals surface area contributed by atoms with Crippen molar-refractivity contribution in [2.45, 2.75) is 6.43 Å². The van der Waals surface area contributed by atoms with Gasteiger partial charge in [0.25, 0.3) is 6.43 Å². The Balaban J connectivity index is 2.12. The molecule has 84 valence electrons. The molecule has 0 bridgehead atoms. The van der Waals surface area contributed by atoms with Crippen molar-refractivity contribution in [1.29, 1.82) is 0 Å². The summed E-state index contributed by atoms with van der Waals surface area (Å²) in [5, 5.41) is 2.96. The second kappa shape index (κ2) is 6.13. The van der Waals surface area contributed by atoms with Crippen molar-refractivity contribution in [3.63, 3.8) is 0 Å². The fourth-order valence-corrected chi connectivity index (χ4v) is 0.950. The molecule has 1 aromatic rings. The number of hydrogen-bond acceptors (Lipinski definition) is 4. The quantitative estimate of drug-likeness (QED) is 0.706. The Morgan fingerprint density at radius 2 is 2.27 bits per heavy atom. The van der Waals surface area contributed by atoms with Crippen molar-refractivity contribution in [2.24, 2.45) is 0 Å². The van der Waals surface area contributed by atoms with Gasteiger partial charge in [-0.3, -0.25) is 0 Å². The fraction of sp³-hybridized carbons (Fsp3) is 0.444. The number of aromatic nitrogens is 1. The maximum absolute atomic E-state index is 11.7. The van der Waals surface area contributed by atoms with Gasteiger partial charge in [0, 0.05) is 6.54 Å². The van der Waals surface area contributed by atoms with E-state index in [1.807, 2.05) is 0 Å². The number of nitrogen functional groups attached to an aromatic ring is 1. The van der Waals surface area contributed by atoms with Crippen LogP contribution in [-0.2, 0) is 4.74 Å². The summed E-state index contributed by atoms with van der Waals surface area (Å²) in [4.78, 5) is 3.86. The lowest BCUT2D eigenvalue weighted by Crippen LogP contribution is -2.13. The van der Waals surface area contributed by atoms with E-state index in [1.165, 1.54) is 0 Å². The molecule has 1 heterocycles. The summed E-state index contributed by atoms with van der Waals surface area (Å²) in [6.45, 7) is 0.161. The van der Waals surface area contributed by atoms with E-state index < -0.39 is 13.0 Å². The summed E-state index contributed by atoms with van der Waals surface area (Å²) in [5.74, 6) is 0.439. The second-order valence-corrected chi connectivity index (χ2v) is 2.86. The van der Waals surface area contributed by atoms with Gasteiger partial charge in [-0.15, -0.1) is 0 Å². The van der Waals surface area contributed by atoms with E-state index in [0.717, 1.165) is 5.69 Å². The molecule has 0 amide bonds. The Labute approximate surface area is 86.4 Å². The van der Waals surface area contributed by atoms with E-state index in [-0.39, 0.29) is 6.61 Å². The minimum absolute atomic E-state index is 0.231. The molecule has 0 unspecified atom stereocenters. The van der Waals surface area contributed by atoms with Gasteiger partial charge < -0.3 is 15.8 Å². The number of ether oxygens (including phenoxy) is 1. The van der Waals surface area contributed by atoms with Gasteiger partial charge in [-0.05, 0) is 12.1 Å². The van der Waals surface area contributed by atoms with Crippen LogP contribution in [0.15, 0.2) is 18.3 Å². The largest absolute Gasteiger partial charge is 0.384 e. The SMILES string of the molecule is Nc1ccc(NCCOCC(F)F)cn1. The Morgan fingerprint density at radius 3 is 2.87 bits per heavy atom. The molecule has 4 nitrogen and oxygen atoms in total. The topological polar surface area (TPSA) is 60.2 Å². The summed E-state index contributed by atoms with van der Waals surface area (Å²) in [6, 6.07) is 3.41. The highest BCUT2D eigenvalue weighted by Crippen LogP contribution is 2.05. The van der Waals surface area contributed by atoms with Crippen LogP contribution in [-0.4, -0.2) is 31.2 Å². The average Bonchev–Trinajstić information content (AvgIpc) is 2.20. The van der Waals surface area contributed by atoms with E-state index in [2.05, 4.69) is 15.0 Å². The molecule has 0 saturated carbocycles. The van der Waals surface area contributed by atoms with Crippen molar-refractivity contribution >= 4 is 11.5 Å². The molecule has 0 aromatic carbocycles. The number of nitrogens with one attached hydrogen (secondary N) is 1. The molecule has 0 aliphatic heterocycles. The van der Waals surface area contributed by atoms with Gasteiger partial charge in [0.2, 0.25) is 0 Å². The van der Waals surface area contributed by atoms with Crippen LogP contribution in [0.1, 0.15) is 0 Å². The number of anilines is 2. The van der Waals surface area contributed by atoms with Crippen LogP contribution in [0.3, 0.4) is 0 Å². The normalized spacial score (nSPS) is 10.6. The van der Waals surface area contributed by atoms with Gasteiger partial charge in [0.1, 0.15) is 12.4 Å². The van der Waals surface area contributed by atoms with Gasteiger partial charge in [0.05, 0.1) is 18.5 Å². The minimum Gasteiger partial charge on any atom is -0.384 e. The third kappa shape index (κ3) is 5.11. The number of nitrogens with two attached hydrogens (primary N) is 1. The van der Waals surface area contributed by atoms with Crippen LogP contribution >= 0.6 is 0 Å². The van der Waals surface area contributed by atoms with Crippen LogP contribution in [0, 0.1) is 0 Å². The van der Waals surface area contributed by atoms with Crippen molar-refractivity contribution in [1.82, 2.24) is 4.98 Å². The summed E-state index contributed by atoms with van der Waals surface area (Å²) in [5.41, 5.74) is 6.17. The van der Waals surface area contributed by atoms with E-state index in [1.54, 1.807) is 18.3 Å². The molecule has 15 heavy (non-hydrogen) atoms. The highest BCUT2D eigenvalue weighted by Gasteiger charge is 2.00. The summed E-state index contributed by atoms with van der Waals surface area (Å²) in [7, 11) is 0. The van der Waals surface area contributed by atoms with Crippen LogP contribution in [0.25, 0.3) is 0 Å². The maximum atomic E-state index is 11.7. The molecule has 0 spiro atoms. The second-order valence-electron chi connectivity index (χ2n) is 2.86. The Kier molecular flexibility index (Phi) is 4.76. The fourth-order valence-electron chi connectivity index (χ4n) is 0.950. The monoisotopic (exact) mass is 217 g/mol. The van der Waals surface area contributed by atoms with E-state index in [0.29, 0.717) is 12.4 Å². The number of hydrogen-bond donors (Lipinski definition) is 2. The molecule has 0 aliphatic carbocycles. The molecule has 0 atom stereocenters. The molecule has 0 fully saturated rings. The third-order valence-corrected chi connectivity index (χ3v) is 1.61. The van der Waals surface area contributed by atoms with Crippen LogP contribution in [0.4, 0.5) is 20.3 Å². The number of alkyl halides is 2. The number of rotatable bonds is 6. The van der Waals surface area contributed by atoms with Crippen LogP contribution in [0.5, 0.6) is 0 Å². The molecule has 0 saturated heterocycles. The molecular formula is C9H13F2N3O. The first-order chi connectivity index (χ1) is 7.18. The number of nitrogens with zero attached hydrogens (tertiary/aromatic N) is 1. The Bertz CT molecular complexity index is 279. The van der Waals surface area contributed by atoms with Gasteiger partial charge in [-0.25, -0.2) is 13.8 Å². The summed E-state index contributed by atoms with van der Waals surface area (Å²) in [6.07, 6.45) is -0.842. The van der Waals surface area contributed by atoms with Crippen molar-refractivity contribution < 1.29 is 13.5 Å².